The SMILES string of the molecule is CC(Cc1ccco1)NC(=O)C1NCCC1C. The molecule has 0 bridgehead atoms. The standard InChI is InChI=1S/C13H20N2O2/c1-9-5-6-14-12(9)13(16)15-10(2)8-11-4-3-7-17-11/h3-4,7,9-10,12,14H,5-6,8H2,1-2H3,(H,15,16). The molecular formula is C13H20N2O2. The average Bonchev–Trinajstić information content (AvgIpc) is 2.88. The topological polar surface area (TPSA) is 54.3 Å². The first kappa shape index (κ1) is 12.2. The van der Waals surface area contributed by atoms with Gasteiger partial charge in [0, 0.05) is 12.5 Å². The second kappa shape index (κ2) is 5.36. The molecule has 1 fully saturated rings. The van der Waals surface area contributed by atoms with Gasteiger partial charge in [0.2, 0.25) is 5.91 Å². The van der Waals surface area contributed by atoms with Crippen molar-refractivity contribution in [2.45, 2.75) is 38.8 Å². The van der Waals surface area contributed by atoms with Crippen LogP contribution in [-0.4, -0.2) is 24.5 Å². The molecule has 1 aliphatic heterocycles. The molecule has 0 saturated carbocycles. The third kappa shape index (κ3) is 3.09. The minimum Gasteiger partial charge on any atom is -0.469 e. The van der Waals surface area contributed by atoms with Gasteiger partial charge in [-0.25, -0.2) is 0 Å². The first-order valence-electron chi connectivity index (χ1n) is 6.23. The highest BCUT2D eigenvalue weighted by Crippen LogP contribution is 2.14. The van der Waals surface area contributed by atoms with E-state index >= 15 is 0 Å². The van der Waals surface area contributed by atoms with Crippen LogP contribution in [0.1, 0.15) is 26.0 Å². The van der Waals surface area contributed by atoms with Gasteiger partial charge >= 0.3 is 0 Å². The zero-order chi connectivity index (χ0) is 12.3. The minimum absolute atomic E-state index is 0.0333. The fourth-order valence-corrected chi connectivity index (χ4v) is 2.30. The highest BCUT2D eigenvalue weighted by Gasteiger charge is 2.29. The summed E-state index contributed by atoms with van der Waals surface area (Å²) in [6.07, 6.45) is 3.47. The third-order valence-electron chi connectivity index (χ3n) is 3.29. The van der Waals surface area contributed by atoms with Crippen LogP contribution < -0.4 is 10.6 Å². The number of carbonyl (C=O) groups excluding carboxylic acids is 1. The summed E-state index contributed by atoms with van der Waals surface area (Å²) in [7, 11) is 0. The number of rotatable bonds is 4. The van der Waals surface area contributed by atoms with Crippen LogP contribution in [0, 0.1) is 5.92 Å². The first-order valence-corrected chi connectivity index (χ1v) is 6.23. The molecular weight excluding hydrogens is 216 g/mol. The van der Waals surface area contributed by atoms with Crippen LogP contribution >= 0.6 is 0 Å². The van der Waals surface area contributed by atoms with Crippen molar-refractivity contribution in [1.82, 2.24) is 10.6 Å². The Hall–Kier alpha value is -1.29. The highest BCUT2D eigenvalue weighted by molar-refractivity contribution is 5.82. The van der Waals surface area contributed by atoms with Crippen molar-refractivity contribution in [3.8, 4) is 0 Å². The van der Waals surface area contributed by atoms with Gasteiger partial charge in [-0.15, -0.1) is 0 Å². The van der Waals surface area contributed by atoms with E-state index in [2.05, 4.69) is 17.6 Å². The Balaban J connectivity index is 1.82. The second-order valence-electron chi connectivity index (χ2n) is 4.89. The molecule has 1 aromatic rings. The minimum atomic E-state index is -0.0333. The summed E-state index contributed by atoms with van der Waals surface area (Å²) in [4.78, 5) is 12.0. The quantitative estimate of drug-likeness (QED) is 0.829. The lowest BCUT2D eigenvalue weighted by atomic mass is 10.0. The Bertz CT molecular complexity index is 362. The molecule has 0 aliphatic carbocycles. The highest BCUT2D eigenvalue weighted by atomic mass is 16.3. The zero-order valence-corrected chi connectivity index (χ0v) is 10.4. The third-order valence-corrected chi connectivity index (χ3v) is 3.29. The summed E-state index contributed by atoms with van der Waals surface area (Å²) >= 11 is 0. The lowest BCUT2D eigenvalue weighted by Gasteiger charge is -2.19. The molecule has 3 atom stereocenters. The maximum atomic E-state index is 12.0. The van der Waals surface area contributed by atoms with Gasteiger partial charge in [0.05, 0.1) is 12.3 Å². The number of hydrogen-bond acceptors (Lipinski definition) is 3. The lowest BCUT2D eigenvalue weighted by molar-refractivity contribution is -0.124. The van der Waals surface area contributed by atoms with Crippen molar-refractivity contribution < 1.29 is 9.21 Å². The molecule has 2 rings (SSSR count). The van der Waals surface area contributed by atoms with Crippen molar-refractivity contribution in [1.29, 1.82) is 0 Å². The van der Waals surface area contributed by atoms with Crippen molar-refractivity contribution in [3.63, 3.8) is 0 Å². The van der Waals surface area contributed by atoms with E-state index in [1.54, 1.807) is 6.26 Å². The molecule has 1 amide bonds. The predicted octanol–water partition coefficient (Wildman–Crippen LogP) is 1.32. The molecule has 3 unspecified atom stereocenters. The number of carbonyl (C=O) groups is 1. The van der Waals surface area contributed by atoms with E-state index in [1.165, 1.54) is 0 Å². The Morgan fingerprint density at radius 3 is 3.12 bits per heavy atom. The number of hydrogen-bond donors (Lipinski definition) is 2. The second-order valence-corrected chi connectivity index (χ2v) is 4.89. The van der Waals surface area contributed by atoms with Crippen molar-refractivity contribution in [2.24, 2.45) is 5.92 Å². The van der Waals surface area contributed by atoms with Crippen molar-refractivity contribution in [2.75, 3.05) is 6.54 Å². The van der Waals surface area contributed by atoms with Crippen molar-refractivity contribution >= 4 is 5.91 Å². The maximum Gasteiger partial charge on any atom is 0.237 e. The molecule has 2 N–H and O–H groups in total. The monoisotopic (exact) mass is 236 g/mol. The van der Waals surface area contributed by atoms with Gasteiger partial charge in [-0.3, -0.25) is 4.79 Å². The smallest absolute Gasteiger partial charge is 0.237 e. The summed E-state index contributed by atoms with van der Waals surface area (Å²) in [5, 5.41) is 6.26. The van der Waals surface area contributed by atoms with Gasteiger partial charge < -0.3 is 15.1 Å². The van der Waals surface area contributed by atoms with Crippen LogP contribution in [0.3, 0.4) is 0 Å². The number of amides is 1. The van der Waals surface area contributed by atoms with Gasteiger partial charge in [0.15, 0.2) is 0 Å². The maximum absolute atomic E-state index is 12.0. The molecule has 1 aromatic heterocycles. The van der Waals surface area contributed by atoms with E-state index in [0.717, 1.165) is 25.1 Å². The van der Waals surface area contributed by atoms with Crippen LogP contribution in [0.15, 0.2) is 22.8 Å². The fraction of sp³-hybridized carbons (Fsp3) is 0.615. The Morgan fingerprint density at radius 2 is 2.53 bits per heavy atom. The number of furan rings is 1. The number of nitrogens with one attached hydrogen (secondary N) is 2. The molecule has 0 spiro atoms. The zero-order valence-electron chi connectivity index (χ0n) is 10.4. The van der Waals surface area contributed by atoms with Gasteiger partial charge in [-0.05, 0) is 37.9 Å². The van der Waals surface area contributed by atoms with Crippen LogP contribution in [0.4, 0.5) is 0 Å². The van der Waals surface area contributed by atoms with Crippen LogP contribution in [0.2, 0.25) is 0 Å². The lowest BCUT2D eigenvalue weighted by Crippen LogP contribution is -2.47. The molecule has 4 nitrogen and oxygen atoms in total. The van der Waals surface area contributed by atoms with Gasteiger partial charge in [-0.1, -0.05) is 6.92 Å². The summed E-state index contributed by atoms with van der Waals surface area (Å²) in [6.45, 7) is 5.05. The molecule has 0 radical (unpaired) electrons. The molecule has 1 aliphatic rings. The Morgan fingerprint density at radius 1 is 1.71 bits per heavy atom. The Labute approximate surface area is 102 Å². The summed E-state index contributed by atoms with van der Waals surface area (Å²) in [5.41, 5.74) is 0. The van der Waals surface area contributed by atoms with E-state index in [9.17, 15) is 4.79 Å². The normalized spacial score (nSPS) is 25.8. The van der Waals surface area contributed by atoms with Crippen LogP contribution in [-0.2, 0) is 11.2 Å². The van der Waals surface area contributed by atoms with Gasteiger partial charge in [0.1, 0.15) is 5.76 Å². The summed E-state index contributed by atoms with van der Waals surface area (Å²) in [6, 6.07) is 3.86. The molecule has 1 saturated heterocycles. The van der Waals surface area contributed by atoms with E-state index in [1.807, 2.05) is 19.1 Å². The molecule has 0 aromatic carbocycles. The van der Waals surface area contributed by atoms with E-state index in [0.29, 0.717) is 5.92 Å². The average molecular weight is 236 g/mol. The van der Waals surface area contributed by atoms with E-state index < -0.39 is 0 Å². The largest absolute Gasteiger partial charge is 0.469 e. The molecule has 94 valence electrons. The van der Waals surface area contributed by atoms with Crippen LogP contribution in [0.5, 0.6) is 0 Å². The Kier molecular flexibility index (Phi) is 3.84. The van der Waals surface area contributed by atoms with E-state index in [-0.39, 0.29) is 18.0 Å². The molecule has 4 heteroatoms. The van der Waals surface area contributed by atoms with E-state index in [4.69, 9.17) is 4.42 Å². The van der Waals surface area contributed by atoms with Crippen LogP contribution in [0.25, 0.3) is 0 Å². The molecule has 17 heavy (non-hydrogen) atoms. The fourth-order valence-electron chi connectivity index (χ4n) is 2.30. The first-order chi connectivity index (χ1) is 8.16. The predicted molar refractivity (Wildman–Crippen MR) is 65.6 cm³/mol. The van der Waals surface area contributed by atoms with Gasteiger partial charge in [0.25, 0.3) is 0 Å². The summed E-state index contributed by atoms with van der Waals surface area (Å²) < 4.78 is 5.27. The summed E-state index contributed by atoms with van der Waals surface area (Å²) in [5.74, 6) is 1.44. The molecule has 2 heterocycles. The van der Waals surface area contributed by atoms with Crippen molar-refractivity contribution in [3.05, 3.63) is 24.2 Å². The van der Waals surface area contributed by atoms with Gasteiger partial charge in [-0.2, -0.15) is 0 Å².